The molecule has 0 N–H and O–H groups in total. The largest absolute Gasteiger partial charge is 0.494 e. The van der Waals surface area contributed by atoms with E-state index in [1.165, 1.54) is 19.2 Å². The van der Waals surface area contributed by atoms with Crippen molar-refractivity contribution in [3.8, 4) is 5.75 Å². The normalized spacial score (nSPS) is 25.3. The molecule has 2 fully saturated rings. The number of anilines is 1. The summed E-state index contributed by atoms with van der Waals surface area (Å²) >= 11 is 0. The Morgan fingerprint density at radius 2 is 1.95 bits per heavy atom. The van der Waals surface area contributed by atoms with E-state index in [2.05, 4.69) is 5.16 Å². The van der Waals surface area contributed by atoms with E-state index in [0.29, 0.717) is 36.3 Å². The van der Waals surface area contributed by atoms with E-state index in [4.69, 9.17) is 14.6 Å². The quantitative estimate of drug-likeness (QED) is 0.392. The third-order valence-corrected chi connectivity index (χ3v) is 7.98. The summed E-state index contributed by atoms with van der Waals surface area (Å²) in [5.74, 6) is -2.88. The molecule has 2 aliphatic heterocycles. The number of nitrogens with zero attached hydrogens (tertiary/aromatic N) is 4. The second kappa shape index (κ2) is 9.03. The maximum Gasteiger partial charge on any atom is 0.252 e. The third-order valence-electron chi connectivity index (χ3n) is 7.98. The minimum atomic E-state index is -2.73. The van der Waals surface area contributed by atoms with Gasteiger partial charge in [-0.15, -0.1) is 0 Å². The Morgan fingerprint density at radius 1 is 1.16 bits per heavy atom. The summed E-state index contributed by atoms with van der Waals surface area (Å²) in [7, 11) is 1.38. The van der Waals surface area contributed by atoms with E-state index >= 15 is 0 Å². The van der Waals surface area contributed by atoms with Gasteiger partial charge in [0.2, 0.25) is 5.91 Å². The van der Waals surface area contributed by atoms with E-state index in [9.17, 15) is 18.0 Å². The number of hydrogen-bond donors (Lipinski definition) is 0. The molecule has 0 radical (unpaired) electrons. The number of carbonyl (C=O) groups excluding carboxylic acids is 1. The van der Waals surface area contributed by atoms with Crippen molar-refractivity contribution in [3.05, 3.63) is 53.6 Å². The summed E-state index contributed by atoms with van der Waals surface area (Å²) in [5, 5.41) is 4.11. The average molecular weight is 527 g/mol. The van der Waals surface area contributed by atoms with Crippen LogP contribution in [0.4, 0.5) is 18.9 Å². The van der Waals surface area contributed by atoms with Gasteiger partial charge in [0.15, 0.2) is 11.6 Å². The molecular weight excluding hydrogens is 497 g/mol. The van der Waals surface area contributed by atoms with Crippen LogP contribution in [0, 0.1) is 5.82 Å². The molecule has 6 rings (SSSR count). The number of hydrogen-bond acceptors (Lipinski definition) is 5. The summed E-state index contributed by atoms with van der Waals surface area (Å²) in [5.41, 5.74) is 3.64. The minimum absolute atomic E-state index is 0.0314. The zero-order valence-corrected chi connectivity index (χ0v) is 21.5. The highest BCUT2D eigenvalue weighted by Crippen LogP contribution is 2.49. The zero-order chi connectivity index (χ0) is 26.8. The predicted octanol–water partition coefficient (Wildman–Crippen LogP) is 6.29. The van der Waals surface area contributed by atoms with Crippen molar-refractivity contribution < 1.29 is 27.5 Å². The average Bonchev–Trinajstić information content (AvgIpc) is 3.40. The van der Waals surface area contributed by atoms with Gasteiger partial charge >= 0.3 is 0 Å². The number of halogens is 3. The van der Waals surface area contributed by atoms with Gasteiger partial charge in [0.25, 0.3) is 5.92 Å². The smallest absolute Gasteiger partial charge is 0.252 e. The van der Waals surface area contributed by atoms with E-state index in [0.717, 1.165) is 16.8 Å². The summed E-state index contributed by atoms with van der Waals surface area (Å²) < 4.78 is 49.7. The van der Waals surface area contributed by atoms with Crippen molar-refractivity contribution >= 4 is 28.3 Å². The van der Waals surface area contributed by atoms with Crippen LogP contribution in [0.2, 0.25) is 0 Å². The molecule has 1 saturated heterocycles. The Kier molecular flexibility index (Phi) is 5.88. The number of oxime groups is 1. The molecule has 2 aromatic carbocycles. The number of rotatable bonds is 5. The number of aromatic nitrogens is 2. The first-order valence-electron chi connectivity index (χ1n) is 12.9. The van der Waals surface area contributed by atoms with E-state index in [1.54, 1.807) is 11.0 Å². The highest BCUT2D eigenvalue weighted by molar-refractivity contribution is 5.95. The number of methoxy groups -OCH3 is 1. The third kappa shape index (κ3) is 4.01. The molecule has 1 aromatic heterocycles. The first-order valence-corrected chi connectivity index (χ1v) is 12.9. The molecule has 200 valence electrons. The minimum Gasteiger partial charge on any atom is -0.494 e. The summed E-state index contributed by atoms with van der Waals surface area (Å²) in [6.45, 7) is 3.87. The van der Waals surface area contributed by atoms with Crippen LogP contribution in [0.1, 0.15) is 75.3 Å². The molecule has 3 heterocycles. The lowest BCUT2D eigenvalue weighted by Gasteiger charge is -2.40. The van der Waals surface area contributed by atoms with Crippen molar-refractivity contribution in [2.75, 3.05) is 12.0 Å². The van der Waals surface area contributed by atoms with Crippen molar-refractivity contribution in [2.45, 2.75) is 76.0 Å². The molecule has 38 heavy (non-hydrogen) atoms. The lowest BCUT2D eigenvalue weighted by atomic mass is 9.87. The number of amides is 1. The molecule has 3 atom stereocenters. The van der Waals surface area contributed by atoms with Crippen molar-refractivity contribution in [1.29, 1.82) is 0 Å². The van der Waals surface area contributed by atoms with E-state index in [-0.39, 0.29) is 36.5 Å². The van der Waals surface area contributed by atoms with Gasteiger partial charge in [0.1, 0.15) is 11.9 Å². The number of alkyl halides is 2. The molecule has 1 aliphatic carbocycles. The SMILES string of the molecule is COc1ccc(N2C(=O)CCC[C@H]2c2nc3cc(C4C(C)=NOC4C)ccc3n2C2CC(F)(F)C2)cc1F. The fourth-order valence-corrected chi connectivity index (χ4v) is 6.14. The van der Waals surface area contributed by atoms with Crippen LogP contribution in [0.5, 0.6) is 5.75 Å². The first kappa shape index (κ1) is 24.8. The lowest BCUT2D eigenvalue weighted by molar-refractivity contribution is -0.120. The van der Waals surface area contributed by atoms with Crippen LogP contribution in [-0.4, -0.2) is 40.3 Å². The van der Waals surface area contributed by atoms with Crippen LogP contribution in [0.3, 0.4) is 0 Å². The summed E-state index contributed by atoms with van der Waals surface area (Å²) in [6.07, 6.45) is 0.817. The van der Waals surface area contributed by atoms with E-state index in [1.807, 2.05) is 36.6 Å². The van der Waals surface area contributed by atoms with Crippen LogP contribution < -0.4 is 9.64 Å². The second-order valence-electron chi connectivity index (χ2n) is 10.5. The Morgan fingerprint density at radius 3 is 2.61 bits per heavy atom. The van der Waals surface area contributed by atoms with Gasteiger partial charge in [-0.2, -0.15) is 0 Å². The zero-order valence-electron chi connectivity index (χ0n) is 21.5. The number of piperidine rings is 1. The number of imidazole rings is 1. The highest BCUT2D eigenvalue weighted by atomic mass is 19.3. The van der Waals surface area contributed by atoms with Crippen LogP contribution in [0.15, 0.2) is 41.6 Å². The topological polar surface area (TPSA) is 68.9 Å². The maximum atomic E-state index is 14.7. The number of benzene rings is 2. The molecule has 1 amide bonds. The Labute approximate surface area is 218 Å². The Hall–Kier alpha value is -3.56. The van der Waals surface area contributed by atoms with Crippen LogP contribution >= 0.6 is 0 Å². The van der Waals surface area contributed by atoms with Gasteiger partial charge in [-0.1, -0.05) is 11.2 Å². The molecule has 0 bridgehead atoms. The lowest BCUT2D eigenvalue weighted by Crippen LogP contribution is -2.42. The Balaban J connectivity index is 1.47. The van der Waals surface area contributed by atoms with Crippen molar-refractivity contribution in [2.24, 2.45) is 5.16 Å². The van der Waals surface area contributed by atoms with Crippen LogP contribution in [0.25, 0.3) is 11.0 Å². The van der Waals surface area contributed by atoms with Gasteiger partial charge in [-0.05, 0) is 56.5 Å². The second-order valence-corrected chi connectivity index (χ2v) is 10.5. The van der Waals surface area contributed by atoms with Crippen LogP contribution in [-0.2, 0) is 9.63 Å². The maximum absolute atomic E-state index is 14.7. The molecule has 3 aliphatic rings. The fourth-order valence-electron chi connectivity index (χ4n) is 6.14. The van der Waals surface area contributed by atoms with Crippen molar-refractivity contribution in [1.82, 2.24) is 9.55 Å². The molecule has 2 unspecified atom stereocenters. The van der Waals surface area contributed by atoms with Gasteiger partial charge in [-0.25, -0.2) is 18.2 Å². The standard InChI is InChI=1S/C28H29F3N4O3/c1-15-26(16(2)38-33-15)17-7-9-22-21(11-17)32-27(35(22)19-13-28(30,31)14-19)23-5-4-6-25(36)34(23)18-8-10-24(37-3)20(29)12-18/h7-12,16,19,23,26H,4-6,13-14H2,1-3H3/t16?,23-,26?/m0/s1. The first-order chi connectivity index (χ1) is 18.2. The predicted molar refractivity (Wildman–Crippen MR) is 136 cm³/mol. The van der Waals surface area contributed by atoms with Gasteiger partial charge in [0.05, 0.1) is 35.8 Å². The molecule has 1 saturated carbocycles. The molecular formula is C28H29F3N4O3. The molecule has 0 spiro atoms. The van der Waals surface area contributed by atoms with Gasteiger partial charge < -0.3 is 19.0 Å². The number of carbonyl (C=O) groups is 1. The molecule has 10 heteroatoms. The summed E-state index contributed by atoms with van der Waals surface area (Å²) in [4.78, 5) is 25.2. The number of ether oxygens (including phenoxy) is 1. The Bertz CT molecular complexity index is 1440. The molecule has 7 nitrogen and oxygen atoms in total. The highest BCUT2D eigenvalue weighted by Gasteiger charge is 2.48. The summed E-state index contributed by atoms with van der Waals surface area (Å²) in [6, 6.07) is 9.29. The van der Waals surface area contributed by atoms with Crippen molar-refractivity contribution in [3.63, 3.8) is 0 Å². The monoisotopic (exact) mass is 526 g/mol. The fraction of sp³-hybridized carbons (Fsp3) is 0.464. The molecule has 3 aromatic rings. The number of fused-ring (bicyclic) bond motifs is 1. The van der Waals surface area contributed by atoms with Gasteiger partial charge in [-0.3, -0.25) is 4.79 Å². The van der Waals surface area contributed by atoms with Gasteiger partial charge in [0, 0.05) is 37.1 Å². The van der Waals surface area contributed by atoms with E-state index < -0.39 is 23.8 Å².